The van der Waals surface area contributed by atoms with E-state index < -0.39 is 0 Å². The van der Waals surface area contributed by atoms with Crippen LogP contribution in [0.2, 0.25) is 0 Å². The fourth-order valence-electron chi connectivity index (χ4n) is 3.14. The zero-order valence-corrected chi connectivity index (χ0v) is 9.09. The third-order valence-electron chi connectivity index (χ3n) is 4.03. The zero-order valence-electron chi connectivity index (χ0n) is 9.09. The van der Waals surface area contributed by atoms with Gasteiger partial charge in [0.2, 0.25) is 11.8 Å². The van der Waals surface area contributed by atoms with Crippen LogP contribution in [0.3, 0.4) is 0 Å². The van der Waals surface area contributed by atoms with Crippen molar-refractivity contribution in [3.05, 3.63) is 0 Å². The lowest BCUT2D eigenvalue weighted by Crippen LogP contribution is -2.71. The van der Waals surface area contributed by atoms with Crippen molar-refractivity contribution in [2.24, 2.45) is 11.7 Å². The van der Waals surface area contributed by atoms with E-state index in [4.69, 9.17) is 10.5 Å². The van der Waals surface area contributed by atoms with Gasteiger partial charge in [0.15, 0.2) is 0 Å². The summed E-state index contributed by atoms with van der Waals surface area (Å²) in [7, 11) is 0. The Morgan fingerprint density at radius 3 is 2.62 bits per heavy atom. The number of likely N-dealkylation sites (tertiary alicyclic amines) is 1. The molecule has 3 fully saturated rings. The first-order valence-corrected chi connectivity index (χ1v) is 5.92. The molecule has 2 N–H and O–H groups in total. The van der Waals surface area contributed by atoms with Crippen LogP contribution in [0.15, 0.2) is 0 Å². The minimum absolute atomic E-state index is 0.000926. The van der Waals surface area contributed by atoms with E-state index in [2.05, 4.69) is 0 Å². The summed E-state index contributed by atoms with van der Waals surface area (Å²) in [4.78, 5) is 24.9. The van der Waals surface area contributed by atoms with Crippen LogP contribution in [0.25, 0.3) is 0 Å². The summed E-state index contributed by atoms with van der Waals surface area (Å²) in [5.41, 5.74) is 6.04. The van der Waals surface area contributed by atoms with Crippen LogP contribution >= 0.6 is 0 Å². The minimum Gasteiger partial charge on any atom is -0.376 e. The molecule has 0 aromatic carbocycles. The highest BCUT2D eigenvalue weighted by molar-refractivity contribution is 5.98. The Labute approximate surface area is 93.9 Å². The fourth-order valence-corrected chi connectivity index (χ4v) is 3.14. The fraction of sp³-hybridized carbons (Fsp3) is 0.818. The maximum absolute atomic E-state index is 11.8. The third kappa shape index (κ3) is 1.25. The second kappa shape index (κ2) is 3.53. The van der Waals surface area contributed by atoms with Gasteiger partial charge in [-0.2, -0.15) is 0 Å². The molecule has 1 saturated carbocycles. The standard InChI is InChI=1S/C11H16N2O3/c12-9-6-4-5-16-11(6)10(9)13-7(14)2-1-3-8(13)15/h6,9-11H,1-5,12H2. The summed E-state index contributed by atoms with van der Waals surface area (Å²) >= 11 is 0. The summed E-state index contributed by atoms with van der Waals surface area (Å²) in [6.07, 6.45) is 2.56. The monoisotopic (exact) mass is 224 g/mol. The Kier molecular flexibility index (Phi) is 2.26. The van der Waals surface area contributed by atoms with Gasteiger partial charge in [-0.15, -0.1) is 0 Å². The molecule has 2 heterocycles. The van der Waals surface area contributed by atoms with Gasteiger partial charge in [-0.05, 0) is 12.8 Å². The highest BCUT2D eigenvalue weighted by Gasteiger charge is 2.57. The molecule has 4 atom stereocenters. The molecule has 2 aliphatic heterocycles. The predicted octanol–water partition coefficient (Wildman–Crippen LogP) is -0.360. The van der Waals surface area contributed by atoms with Gasteiger partial charge in [-0.3, -0.25) is 14.5 Å². The number of hydrogen-bond acceptors (Lipinski definition) is 4. The molecule has 0 spiro atoms. The predicted molar refractivity (Wildman–Crippen MR) is 55.3 cm³/mol. The number of carbonyl (C=O) groups is 2. The SMILES string of the molecule is NC1C2CCOC2C1N1C(=O)CCCC1=O. The molecule has 5 heteroatoms. The van der Waals surface area contributed by atoms with Gasteiger partial charge >= 0.3 is 0 Å². The lowest BCUT2D eigenvalue weighted by atomic mass is 9.71. The van der Waals surface area contributed by atoms with Crippen LogP contribution in [0.5, 0.6) is 0 Å². The number of rotatable bonds is 1. The van der Waals surface area contributed by atoms with E-state index in [1.165, 1.54) is 4.90 Å². The van der Waals surface area contributed by atoms with E-state index in [0.29, 0.717) is 31.8 Å². The number of imide groups is 1. The number of hydrogen-bond donors (Lipinski definition) is 1. The Morgan fingerprint density at radius 2 is 1.94 bits per heavy atom. The lowest BCUT2D eigenvalue weighted by Gasteiger charge is -2.50. The Bertz CT molecular complexity index is 328. The minimum atomic E-state index is -0.201. The van der Waals surface area contributed by atoms with Gasteiger partial charge in [-0.1, -0.05) is 0 Å². The van der Waals surface area contributed by atoms with E-state index in [-0.39, 0.29) is 30.0 Å². The smallest absolute Gasteiger partial charge is 0.229 e. The molecule has 3 rings (SSSR count). The zero-order chi connectivity index (χ0) is 11.3. The topological polar surface area (TPSA) is 72.6 Å². The third-order valence-corrected chi connectivity index (χ3v) is 4.03. The molecule has 3 aliphatic rings. The first-order chi connectivity index (χ1) is 7.70. The molecule has 0 bridgehead atoms. The number of carbonyl (C=O) groups excluding carboxylic acids is 2. The number of nitrogens with two attached hydrogens (primary N) is 1. The number of fused-ring (bicyclic) bond motifs is 1. The van der Waals surface area contributed by atoms with Crippen LogP contribution in [0, 0.1) is 5.92 Å². The summed E-state index contributed by atoms with van der Waals surface area (Å²) in [5.74, 6) is 0.184. The average molecular weight is 224 g/mol. The quantitative estimate of drug-likeness (QED) is 0.617. The summed E-state index contributed by atoms with van der Waals surface area (Å²) in [5, 5.41) is 0. The van der Waals surface area contributed by atoms with Crippen molar-refractivity contribution < 1.29 is 14.3 Å². The van der Waals surface area contributed by atoms with Gasteiger partial charge in [0, 0.05) is 31.4 Å². The van der Waals surface area contributed by atoms with Crippen molar-refractivity contribution >= 4 is 11.8 Å². The van der Waals surface area contributed by atoms with Gasteiger partial charge in [-0.25, -0.2) is 0 Å². The molecule has 2 amide bonds. The molecule has 5 nitrogen and oxygen atoms in total. The van der Waals surface area contributed by atoms with E-state index in [1.807, 2.05) is 0 Å². The Hall–Kier alpha value is -0.940. The van der Waals surface area contributed by atoms with Gasteiger partial charge in [0.1, 0.15) is 0 Å². The molecule has 88 valence electrons. The largest absolute Gasteiger partial charge is 0.376 e. The summed E-state index contributed by atoms with van der Waals surface area (Å²) in [6, 6.07) is -0.286. The van der Waals surface area contributed by atoms with Crippen molar-refractivity contribution in [3.8, 4) is 0 Å². The highest BCUT2D eigenvalue weighted by Crippen LogP contribution is 2.41. The van der Waals surface area contributed by atoms with Crippen LogP contribution in [-0.4, -0.2) is 41.5 Å². The van der Waals surface area contributed by atoms with Crippen molar-refractivity contribution in [3.63, 3.8) is 0 Å². The summed E-state index contributed by atoms with van der Waals surface area (Å²) in [6.45, 7) is 0.704. The van der Waals surface area contributed by atoms with E-state index in [1.54, 1.807) is 0 Å². The average Bonchev–Trinajstić information content (AvgIpc) is 2.67. The molecule has 0 aromatic rings. The number of piperidine rings is 1. The second-order valence-electron chi connectivity index (χ2n) is 4.87. The lowest BCUT2D eigenvalue weighted by molar-refractivity contribution is -0.163. The van der Waals surface area contributed by atoms with E-state index in [0.717, 1.165) is 6.42 Å². The molecule has 0 aromatic heterocycles. The number of amides is 2. The van der Waals surface area contributed by atoms with Crippen LogP contribution in [0.4, 0.5) is 0 Å². The van der Waals surface area contributed by atoms with E-state index >= 15 is 0 Å². The maximum Gasteiger partial charge on any atom is 0.229 e. The number of ether oxygens (including phenoxy) is 1. The Balaban J connectivity index is 1.81. The van der Waals surface area contributed by atoms with Crippen molar-refractivity contribution in [1.82, 2.24) is 4.90 Å². The molecule has 4 unspecified atom stereocenters. The normalized spacial score (nSPS) is 43.2. The van der Waals surface area contributed by atoms with Gasteiger partial charge in [0.25, 0.3) is 0 Å². The van der Waals surface area contributed by atoms with Crippen LogP contribution < -0.4 is 5.73 Å². The first-order valence-electron chi connectivity index (χ1n) is 5.92. The molecule has 1 aliphatic carbocycles. The van der Waals surface area contributed by atoms with Gasteiger partial charge in [0.05, 0.1) is 12.1 Å². The molecular formula is C11H16N2O3. The van der Waals surface area contributed by atoms with Crippen molar-refractivity contribution in [2.45, 2.75) is 43.9 Å². The van der Waals surface area contributed by atoms with Crippen LogP contribution in [-0.2, 0) is 14.3 Å². The van der Waals surface area contributed by atoms with E-state index in [9.17, 15) is 9.59 Å². The number of nitrogens with zero attached hydrogens (tertiary/aromatic N) is 1. The van der Waals surface area contributed by atoms with Crippen LogP contribution in [0.1, 0.15) is 25.7 Å². The summed E-state index contributed by atoms with van der Waals surface area (Å²) < 4.78 is 5.56. The molecule has 16 heavy (non-hydrogen) atoms. The van der Waals surface area contributed by atoms with Gasteiger partial charge < -0.3 is 10.5 Å². The molecule has 2 saturated heterocycles. The van der Waals surface area contributed by atoms with Crippen molar-refractivity contribution in [1.29, 1.82) is 0 Å². The Morgan fingerprint density at radius 1 is 1.25 bits per heavy atom. The maximum atomic E-state index is 11.8. The first kappa shape index (κ1) is 10.2. The second-order valence-corrected chi connectivity index (χ2v) is 4.87. The van der Waals surface area contributed by atoms with Crippen molar-refractivity contribution in [2.75, 3.05) is 6.61 Å². The molecular weight excluding hydrogens is 208 g/mol. The highest BCUT2D eigenvalue weighted by atomic mass is 16.5. The molecule has 0 radical (unpaired) electrons.